The van der Waals surface area contributed by atoms with Crippen molar-refractivity contribution >= 4 is 73.9 Å². The molecule has 0 bridgehead atoms. The van der Waals surface area contributed by atoms with Gasteiger partial charge in [0.1, 0.15) is 5.02 Å². The second-order valence-corrected chi connectivity index (χ2v) is 6.63. The van der Waals surface area contributed by atoms with Gasteiger partial charge >= 0.3 is 0 Å². The first-order chi connectivity index (χ1) is 9.40. The van der Waals surface area contributed by atoms with Crippen LogP contribution in [0.3, 0.4) is 0 Å². The second-order valence-electron chi connectivity index (χ2n) is 3.83. The van der Waals surface area contributed by atoms with Crippen LogP contribution in [0.1, 0.15) is 0 Å². The van der Waals surface area contributed by atoms with Crippen molar-refractivity contribution in [1.29, 1.82) is 0 Å². The van der Waals surface area contributed by atoms with Crippen molar-refractivity contribution in [2.75, 3.05) is 0 Å². The molecule has 1 aliphatic heterocycles. The zero-order valence-corrected chi connectivity index (χ0v) is 14.6. The van der Waals surface area contributed by atoms with Crippen LogP contribution in [0, 0.1) is 0 Å². The standard InChI is InChI=1S/C12H2BrCl5O2/c13-7-3(14)1-5(16)9-11(7)19-10-6(17)2-4(15)8(18)12(10)20-9/h1-2H. The Morgan fingerprint density at radius 2 is 1.15 bits per heavy atom. The molecular formula is C12H2BrCl5O2. The van der Waals surface area contributed by atoms with Crippen LogP contribution in [-0.4, -0.2) is 0 Å². The van der Waals surface area contributed by atoms with Gasteiger partial charge in [-0.05, 0) is 28.1 Å². The molecule has 0 aromatic heterocycles. The first-order valence-corrected chi connectivity index (χ1v) is 7.79. The smallest absolute Gasteiger partial charge is 0.191 e. The summed E-state index contributed by atoms with van der Waals surface area (Å²) in [6.07, 6.45) is 0. The van der Waals surface area contributed by atoms with E-state index in [2.05, 4.69) is 15.9 Å². The van der Waals surface area contributed by atoms with Gasteiger partial charge in [0.2, 0.25) is 0 Å². The summed E-state index contributed by atoms with van der Waals surface area (Å²) in [7, 11) is 0. The van der Waals surface area contributed by atoms with Crippen molar-refractivity contribution in [2.45, 2.75) is 0 Å². The van der Waals surface area contributed by atoms with E-state index in [-0.39, 0.29) is 37.3 Å². The highest BCUT2D eigenvalue weighted by Crippen LogP contribution is 2.58. The maximum Gasteiger partial charge on any atom is 0.191 e. The molecule has 0 amide bonds. The van der Waals surface area contributed by atoms with Crippen LogP contribution in [0.15, 0.2) is 16.6 Å². The maximum absolute atomic E-state index is 6.10. The fourth-order valence-corrected chi connectivity index (χ4v) is 3.21. The molecule has 0 aliphatic carbocycles. The summed E-state index contributed by atoms with van der Waals surface area (Å²) in [5, 5.41) is 1.39. The van der Waals surface area contributed by atoms with Crippen LogP contribution in [0.25, 0.3) is 0 Å². The molecular weight excluding hydrogens is 433 g/mol. The third-order valence-electron chi connectivity index (χ3n) is 2.58. The highest BCUT2D eigenvalue weighted by Gasteiger charge is 2.30. The van der Waals surface area contributed by atoms with E-state index < -0.39 is 0 Å². The molecule has 0 fully saturated rings. The first-order valence-electron chi connectivity index (χ1n) is 5.11. The predicted molar refractivity (Wildman–Crippen MR) is 85.8 cm³/mol. The summed E-state index contributed by atoms with van der Waals surface area (Å²) in [4.78, 5) is 0. The number of hydrogen-bond acceptors (Lipinski definition) is 2. The van der Waals surface area contributed by atoms with Gasteiger partial charge in [0.05, 0.1) is 24.6 Å². The molecule has 0 radical (unpaired) electrons. The van der Waals surface area contributed by atoms with E-state index in [9.17, 15) is 0 Å². The molecule has 0 saturated heterocycles. The molecule has 0 atom stereocenters. The lowest BCUT2D eigenvalue weighted by Gasteiger charge is -2.24. The number of rotatable bonds is 0. The van der Waals surface area contributed by atoms with Crippen molar-refractivity contribution in [3.63, 3.8) is 0 Å². The van der Waals surface area contributed by atoms with Crippen LogP contribution in [-0.2, 0) is 0 Å². The zero-order valence-electron chi connectivity index (χ0n) is 9.24. The molecule has 2 aromatic carbocycles. The fourth-order valence-electron chi connectivity index (χ4n) is 1.69. The Balaban J connectivity index is 2.27. The largest absolute Gasteiger partial charge is 0.447 e. The summed E-state index contributed by atoms with van der Waals surface area (Å²) in [6.45, 7) is 0. The van der Waals surface area contributed by atoms with Crippen molar-refractivity contribution in [3.8, 4) is 23.0 Å². The quantitative estimate of drug-likeness (QED) is 0.338. The summed E-state index contributed by atoms with van der Waals surface area (Å²) >= 11 is 33.6. The molecule has 2 aromatic rings. The van der Waals surface area contributed by atoms with Crippen LogP contribution in [0.2, 0.25) is 25.1 Å². The summed E-state index contributed by atoms with van der Waals surface area (Å²) in [5.41, 5.74) is 0. The van der Waals surface area contributed by atoms with Crippen LogP contribution >= 0.6 is 73.9 Å². The molecule has 1 aliphatic rings. The minimum Gasteiger partial charge on any atom is -0.447 e. The van der Waals surface area contributed by atoms with Crippen molar-refractivity contribution < 1.29 is 9.47 Å². The molecule has 0 unspecified atom stereocenters. The van der Waals surface area contributed by atoms with Crippen LogP contribution in [0.5, 0.6) is 23.0 Å². The third kappa shape index (κ3) is 2.25. The number of halogens is 6. The van der Waals surface area contributed by atoms with E-state index in [1.165, 1.54) is 12.1 Å². The normalized spacial score (nSPS) is 12.3. The Kier molecular flexibility index (Phi) is 3.95. The van der Waals surface area contributed by atoms with Gasteiger partial charge in [0.15, 0.2) is 23.0 Å². The van der Waals surface area contributed by atoms with Crippen molar-refractivity contribution in [2.24, 2.45) is 0 Å². The average molecular weight is 435 g/mol. The minimum absolute atomic E-state index is 0.193. The maximum atomic E-state index is 6.10. The van der Waals surface area contributed by atoms with E-state index in [1.807, 2.05) is 0 Å². The van der Waals surface area contributed by atoms with Crippen LogP contribution < -0.4 is 9.47 Å². The van der Waals surface area contributed by atoms with Gasteiger partial charge in [0, 0.05) is 0 Å². The van der Waals surface area contributed by atoms with Crippen LogP contribution in [0.4, 0.5) is 0 Å². The topological polar surface area (TPSA) is 18.5 Å². The second kappa shape index (κ2) is 5.31. The lowest BCUT2D eigenvalue weighted by Crippen LogP contribution is -2.02. The van der Waals surface area contributed by atoms with Gasteiger partial charge in [-0.25, -0.2) is 0 Å². The SMILES string of the molecule is Clc1cc(Cl)c2c(c1Cl)Oc1c(Cl)cc(Cl)c(Br)c1O2. The molecule has 8 heteroatoms. The zero-order chi connectivity index (χ0) is 14.6. The van der Waals surface area contributed by atoms with Gasteiger partial charge in [-0.1, -0.05) is 58.0 Å². The minimum atomic E-state index is 0.193. The molecule has 2 nitrogen and oxygen atoms in total. The molecule has 1 heterocycles. The van der Waals surface area contributed by atoms with Gasteiger partial charge < -0.3 is 9.47 Å². The summed E-state index contributed by atoms with van der Waals surface area (Å²) in [5.74, 6) is 1.09. The first kappa shape index (κ1) is 14.9. The Hall–Kier alpha value is -0.0300. The number of fused-ring (bicyclic) bond motifs is 2. The van der Waals surface area contributed by atoms with Gasteiger partial charge in [0.25, 0.3) is 0 Å². The molecule has 0 N–H and O–H groups in total. The summed E-state index contributed by atoms with van der Waals surface area (Å²) in [6, 6.07) is 3.00. The lowest BCUT2D eigenvalue weighted by atomic mass is 10.2. The van der Waals surface area contributed by atoms with Gasteiger partial charge in [-0.3, -0.25) is 0 Å². The highest BCUT2D eigenvalue weighted by atomic mass is 79.9. The van der Waals surface area contributed by atoms with Crippen molar-refractivity contribution in [3.05, 3.63) is 41.7 Å². The Morgan fingerprint density at radius 3 is 1.80 bits per heavy atom. The highest BCUT2D eigenvalue weighted by molar-refractivity contribution is 9.10. The number of ether oxygens (including phenoxy) is 2. The fraction of sp³-hybridized carbons (Fsp3) is 0. The van der Waals surface area contributed by atoms with E-state index in [4.69, 9.17) is 67.5 Å². The summed E-state index contributed by atoms with van der Waals surface area (Å²) < 4.78 is 11.9. The molecule has 20 heavy (non-hydrogen) atoms. The monoisotopic (exact) mass is 432 g/mol. The van der Waals surface area contributed by atoms with Crippen molar-refractivity contribution in [1.82, 2.24) is 0 Å². The number of benzene rings is 2. The Morgan fingerprint density at radius 1 is 0.650 bits per heavy atom. The molecule has 3 rings (SSSR count). The lowest BCUT2D eigenvalue weighted by molar-refractivity contribution is 0.358. The van der Waals surface area contributed by atoms with Gasteiger partial charge in [-0.15, -0.1) is 0 Å². The van der Waals surface area contributed by atoms with E-state index >= 15 is 0 Å². The van der Waals surface area contributed by atoms with E-state index in [0.29, 0.717) is 15.2 Å². The van der Waals surface area contributed by atoms with Gasteiger partial charge in [-0.2, -0.15) is 0 Å². The Labute approximate surface area is 147 Å². The molecule has 0 spiro atoms. The average Bonchev–Trinajstić information content (AvgIpc) is 2.41. The predicted octanol–water partition coefficient (Wildman–Crippen LogP) is 7.61. The third-order valence-corrected chi connectivity index (χ3v) is 5.22. The number of hydrogen-bond donors (Lipinski definition) is 0. The molecule has 104 valence electrons. The van der Waals surface area contributed by atoms with E-state index in [0.717, 1.165) is 0 Å². The molecule has 0 saturated carbocycles. The Bertz CT molecular complexity index is 684. The van der Waals surface area contributed by atoms with E-state index in [1.54, 1.807) is 0 Å².